The molecule has 0 saturated carbocycles. The average Bonchev–Trinajstić information content (AvgIpc) is 2.28. The summed E-state index contributed by atoms with van der Waals surface area (Å²) in [5.74, 6) is 1.88. The number of hydrogen-bond acceptors (Lipinski definition) is 3. The zero-order valence-electron chi connectivity index (χ0n) is 9.49. The van der Waals surface area contributed by atoms with Gasteiger partial charge in [-0.05, 0) is 30.0 Å². The number of ether oxygens (including phenoxy) is 2. The molecule has 0 saturated heterocycles. The molecular weight excluding hydrogens is 192 g/mol. The van der Waals surface area contributed by atoms with Gasteiger partial charge in [0, 0.05) is 12.7 Å². The number of aliphatic hydroxyl groups is 1. The summed E-state index contributed by atoms with van der Waals surface area (Å²) in [7, 11) is 3.27. The molecule has 0 aliphatic carbocycles. The van der Waals surface area contributed by atoms with E-state index in [9.17, 15) is 0 Å². The van der Waals surface area contributed by atoms with Gasteiger partial charge in [-0.25, -0.2) is 0 Å². The van der Waals surface area contributed by atoms with Gasteiger partial charge in [0.15, 0.2) is 0 Å². The van der Waals surface area contributed by atoms with Crippen LogP contribution in [0.4, 0.5) is 0 Å². The van der Waals surface area contributed by atoms with Crippen molar-refractivity contribution in [1.82, 2.24) is 0 Å². The average molecular weight is 210 g/mol. The lowest BCUT2D eigenvalue weighted by Gasteiger charge is -2.13. The topological polar surface area (TPSA) is 38.7 Å². The molecule has 3 nitrogen and oxygen atoms in total. The summed E-state index contributed by atoms with van der Waals surface area (Å²) in [4.78, 5) is 0. The minimum atomic E-state index is 0.195. The van der Waals surface area contributed by atoms with Crippen molar-refractivity contribution in [2.24, 2.45) is 0 Å². The Labute approximate surface area is 90.6 Å². The quantitative estimate of drug-likeness (QED) is 0.809. The van der Waals surface area contributed by atoms with Crippen molar-refractivity contribution in [2.45, 2.75) is 19.3 Å². The van der Waals surface area contributed by atoms with E-state index in [-0.39, 0.29) is 6.61 Å². The van der Waals surface area contributed by atoms with Crippen LogP contribution in [0.25, 0.3) is 0 Å². The van der Waals surface area contributed by atoms with E-state index < -0.39 is 0 Å². The van der Waals surface area contributed by atoms with E-state index >= 15 is 0 Å². The predicted octanol–water partition coefficient (Wildman–Crippen LogP) is 2.19. The number of aliphatic hydroxyl groups excluding tert-OH is 1. The second-order valence-electron chi connectivity index (χ2n) is 3.56. The van der Waals surface area contributed by atoms with Crippen molar-refractivity contribution in [1.29, 1.82) is 0 Å². The van der Waals surface area contributed by atoms with Crippen LogP contribution in [-0.2, 0) is 0 Å². The van der Waals surface area contributed by atoms with Crippen molar-refractivity contribution in [3.63, 3.8) is 0 Å². The first-order valence-corrected chi connectivity index (χ1v) is 5.05. The summed E-state index contributed by atoms with van der Waals surface area (Å²) in [5.41, 5.74) is 1.13. The van der Waals surface area contributed by atoms with Crippen LogP contribution in [0, 0.1) is 0 Å². The number of rotatable bonds is 5. The zero-order chi connectivity index (χ0) is 11.3. The van der Waals surface area contributed by atoms with Crippen LogP contribution < -0.4 is 9.47 Å². The maximum atomic E-state index is 8.89. The SMILES string of the molecule is COc1cc(OC)cc(C(C)CCO)c1. The monoisotopic (exact) mass is 210 g/mol. The fraction of sp³-hybridized carbons (Fsp3) is 0.500. The van der Waals surface area contributed by atoms with E-state index in [0.717, 1.165) is 23.5 Å². The summed E-state index contributed by atoms with van der Waals surface area (Å²) >= 11 is 0. The van der Waals surface area contributed by atoms with Gasteiger partial charge >= 0.3 is 0 Å². The maximum Gasteiger partial charge on any atom is 0.122 e. The Morgan fingerprint density at radius 1 is 1.13 bits per heavy atom. The second-order valence-corrected chi connectivity index (χ2v) is 3.56. The Kier molecular flexibility index (Phi) is 4.43. The molecule has 1 N–H and O–H groups in total. The van der Waals surface area contributed by atoms with E-state index in [4.69, 9.17) is 14.6 Å². The molecule has 1 aromatic rings. The molecule has 1 aromatic carbocycles. The number of hydrogen-bond donors (Lipinski definition) is 1. The van der Waals surface area contributed by atoms with Gasteiger partial charge in [0.2, 0.25) is 0 Å². The van der Waals surface area contributed by atoms with Crippen LogP contribution >= 0.6 is 0 Å². The second kappa shape index (κ2) is 5.61. The van der Waals surface area contributed by atoms with Crippen molar-refractivity contribution < 1.29 is 14.6 Å². The zero-order valence-corrected chi connectivity index (χ0v) is 9.49. The molecule has 84 valence electrons. The van der Waals surface area contributed by atoms with Crippen LogP contribution in [0.2, 0.25) is 0 Å². The minimum Gasteiger partial charge on any atom is -0.497 e. The van der Waals surface area contributed by atoms with Gasteiger partial charge in [0.25, 0.3) is 0 Å². The van der Waals surface area contributed by atoms with Gasteiger partial charge in [-0.3, -0.25) is 0 Å². The summed E-state index contributed by atoms with van der Waals surface area (Å²) in [6.07, 6.45) is 0.746. The summed E-state index contributed by atoms with van der Waals surface area (Å²) in [5, 5.41) is 8.89. The van der Waals surface area contributed by atoms with Gasteiger partial charge in [0.1, 0.15) is 11.5 Å². The molecule has 0 aliphatic rings. The van der Waals surface area contributed by atoms with E-state index in [1.807, 2.05) is 18.2 Å². The third-order valence-corrected chi connectivity index (χ3v) is 2.50. The summed E-state index contributed by atoms with van der Waals surface area (Å²) in [6, 6.07) is 5.79. The molecule has 0 fully saturated rings. The lowest BCUT2D eigenvalue weighted by Crippen LogP contribution is -1.98. The van der Waals surface area contributed by atoms with Crippen LogP contribution in [0.3, 0.4) is 0 Å². The Morgan fingerprint density at radius 2 is 1.67 bits per heavy atom. The first-order valence-electron chi connectivity index (χ1n) is 5.05. The molecule has 0 heterocycles. The Morgan fingerprint density at radius 3 is 2.07 bits per heavy atom. The summed E-state index contributed by atoms with van der Waals surface area (Å²) in [6.45, 7) is 2.27. The molecule has 15 heavy (non-hydrogen) atoms. The van der Waals surface area contributed by atoms with Crippen molar-refractivity contribution >= 4 is 0 Å². The molecule has 1 rings (SSSR count). The molecule has 1 unspecified atom stereocenters. The van der Waals surface area contributed by atoms with Gasteiger partial charge in [-0.1, -0.05) is 6.92 Å². The Balaban J connectivity index is 2.95. The highest BCUT2D eigenvalue weighted by Gasteiger charge is 2.08. The summed E-state index contributed by atoms with van der Waals surface area (Å²) < 4.78 is 10.4. The van der Waals surface area contributed by atoms with Gasteiger partial charge in [-0.2, -0.15) is 0 Å². The molecule has 0 bridgehead atoms. The van der Waals surface area contributed by atoms with Gasteiger partial charge < -0.3 is 14.6 Å². The third-order valence-electron chi connectivity index (χ3n) is 2.50. The largest absolute Gasteiger partial charge is 0.497 e. The number of methoxy groups -OCH3 is 2. The first-order chi connectivity index (χ1) is 7.21. The molecule has 3 heteroatoms. The molecule has 0 radical (unpaired) electrons. The molecule has 0 amide bonds. The number of benzene rings is 1. The molecule has 0 aromatic heterocycles. The normalized spacial score (nSPS) is 12.3. The Bertz CT molecular complexity index is 287. The fourth-order valence-corrected chi connectivity index (χ4v) is 1.47. The predicted molar refractivity (Wildman–Crippen MR) is 59.7 cm³/mol. The maximum absolute atomic E-state index is 8.89. The van der Waals surface area contributed by atoms with Crippen LogP contribution in [0.15, 0.2) is 18.2 Å². The highest BCUT2D eigenvalue weighted by molar-refractivity contribution is 5.39. The lowest BCUT2D eigenvalue weighted by molar-refractivity contribution is 0.278. The van der Waals surface area contributed by atoms with Crippen molar-refractivity contribution in [3.05, 3.63) is 23.8 Å². The van der Waals surface area contributed by atoms with Crippen LogP contribution in [0.1, 0.15) is 24.8 Å². The fourth-order valence-electron chi connectivity index (χ4n) is 1.47. The highest BCUT2D eigenvalue weighted by atomic mass is 16.5. The molecule has 1 atom stereocenters. The third kappa shape index (κ3) is 3.13. The van der Waals surface area contributed by atoms with Crippen LogP contribution in [0.5, 0.6) is 11.5 Å². The minimum absolute atomic E-state index is 0.195. The standard InChI is InChI=1S/C12H18O3/c1-9(4-5-13)10-6-11(14-2)8-12(7-10)15-3/h6-9,13H,4-5H2,1-3H3. The molecular formula is C12H18O3. The van der Waals surface area contributed by atoms with E-state index in [0.29, 0.717) is 5.92 Å². The van der Waals surface area contributed by atoms with E-state index in [2.05, 4.69) is 6.92 Å². The molecule has 0 aliphatic heterocycles. The van der Waals surface area contributed by atoms with Crippen molar-refractivity contribution in [3.8, 4) is 11.5 Å². The van der Waals surface area contributed by atoms with Gasteiger partial charge in [0.05, 0.1) is 14.2 Å². The highest BCUT2D eigenvalue weighted by Crippen LogP contribution is 2.28. The first kappa shape index (κ1) is 11.9. The van der Waals surface area contributed by atoms with E-state index in [1.165, 1.54) is 0 Å². The lowest BCUT2D eigenvalue weighted by atomic mass is 9.98. The van der Waals surface area contributed by atoms with E-state index in [1.54, 1.807) is 14.2 Å². The van der Waals surface area contributed by atoms with Gasteiger partial charge in [-0.15, -0.1) is 0 Å². The van der Waals surface area contributed by atoms with Crippen molar-refractivity contribution in [2.75, 3.05) is 20.8 Å². The molecule has 0 spiro atoms. The van der Waals surface area contributed by atoms with Crippen LogP contribution in [-0.4, -0.2) is 25.9 Å². The Hall–Kier alpha value is -1.22. The smallest absolute Gasteiger partial charge is 0.122 e.